The Balaban J connectivity index is 1.89. The molecule has 0 radical (unpaired) electrons. The second kappa shape index (κ2) is 7.23. The summed E-state index contributed by atoms with van der Waals surface area (Å²) < 4.78 is 5.37. The van der Waals surface area contributed by atoms with Gasteiger partial charge in [0, 0.05) is 17.1 Å². The number of ether oxygens (including phenoxy) is 1. The number of hydrogen-bond donors (Lipinski definition) is 1. The van der Waals surface area contributed by atoms with Gasteiger partial charge in [0.15, 0.2) is 0 Å². The van der Waals surface area contributed by atoms with Gasteiger partial charge in [-0.3, -0.25) is 4.79 Å². The van der Waals surface area contributed by atoms with Crippen LogP contribution in [0.5, 0.6) is 0 Å². The molecule has 20 heavy (non-hydrogen) atoms. The molecule has 0 aliphatic carbocycles. The Bertz CT molecular complexity index is 438. The Labute approximate surface area is 129 Å². The monoisotopic (exact) mass is 339 g/mol. The first-order chi connectivity index (χ1) is 9.56. The molecule has 0 aromatic heterocycles. The third-order valence-corrected chi connectivity index (χ3v) is 4.98. The molecule has 1 N–H and O–H groups in total. The topological polar surface area (TPSA) is 38.3 Å². The second-order valence-corrected chi connectivity index (χ2v) is 6.83. The van der Waals surface area contributed by atoms with Crippen molar-refractivity contribution < 1.29 is 9.53 Å². The summed E-state index contributed by atoms with van der Waals surface area (Å²) in [5.41, 5.74) is 2.11. The minimum absolute atomic E-state index is 0.0317. The van der Waals surface area contributed by atoms with Gasteiger partial charge in [0.2, 0.25) is 0 Å². The van der Waals surface area contributed by atoms with Gasteiger partial charge in [0.25, 0.3) is 5.91 Å². The van der Waals surface area contributed by atoms with Gasteiger partial charge in [-0.15, -0.1) is 0 Å². The lowest BCUT2D eigenvalue weighted by Gasteiger charge is -2.14. The zero-order valence-electron chi connectivity index (χ0n) is 12.1. The molecule has 1 heterocycles. The lowest BCUT2D eigenvalue weighted by Crippen LogP contribution is -2.26. The molecule has 0 bridgehead atoms. The van der Waals surface area contributed by atoms with Gasteiger partial charge in [-0.2, -0.15) is 0 Å². The van der Waals surface area contributed by atoms with E-state index in [4.69, 9.17) is 4.74 Å². The van der Waals surface area contributed by atoms with E-state index >= 15 is 0 Å². The number of rotatable bonds is 5. The van der Waals surface area contributed by atoms with E-state index in [1.807, 2.05) is 12.1 Å². The summed E-state index contributed by atoms with van der Waals surface area (Å²) in [4.78, 5) is 12.4. The molecule has 1 aromatic carbocycles. The Kier molecular flexibility index (Phi) is 5.61. The molecular formula is C16H22BrNO2. The van der Waals surface area contributed by atoms with Crippen molar-refractivity contribution in [2.24, 2.45) is 5.92 Å². The van der Waals surface area contributed by atoms with E-state index in [9.17, 15) is 4.79 Å². The maximum Gasteiger partial charge on any atom is 0.253 e. The highest BCUT2D eigenvalue weighted by Crippen LogP contribution is 2.20. The van der Waals surface area contributed by atoms with Crippen LogP contribution in [0.15, 0.2) is 24.3 Å². The molecule has 1 saturated heterocycles. The Morgan fingerprint density at radius 2 is 2.10 bits per heavy atom. The molecule has 110 valence electrons. The smallest absolute Gasteiger partial charge is 0.253 e. The van der Waals surface area contributed by atoms with E-state index < -0.39 is 0 Å². The maximum absolute atomic E-state index is 11.9. The molecule has 2 atom stereocenters. The first-order valence-corrected chi connectivity index (χ1v) is 8.13. The maximum atomic E-state index is 11.9. The molecular weight excluding hydrogens is 318 g/mol. The number of halogens is 1. The number of anilines is 1. The lowest BCUT2D eigenvalue weighted by atomic mass is 10.0. The molecule has 1 aliphatic rings. The van der Waals surface area contributed by atoms with Crippen LogP contribution in [0.25, 0.3) is 0 Å². The van der Waals surface area contributed by atoms with Crippen LogP contribution >= 0.6 is 15.9 Å². The number of hydrogen-bond acceptors (Lipinski definition) is 2. The van der Waals surface area contributed by atoms with Crippen molar-refractivity contribution in [3.8, 4) is 0 Å². The minimum Gasteiger partial charge on any atom is -0.368 e. The van der Waals surface area contributed by atoms with Crippen LogP contribution < -0.4 is 5.32 Å². The molecule has 4 heteroatoms. The zero-order valence-corrected chi connectivity index (χ0v) is 13.7. The van der Waals surface area contributed by atoms with Gasteiger partial charge in [0.05, 0.1) is 0 Å². The summed E-state index contributed by atoms with van der Waals surface area (Å²) in [7, 11) is 0. The molecule has 0 spiro atoms. The van der Waals surface area contributed by atoms with Gasteiger partial charge in [-0.25, -0.2) is 0 Å². The molecule has 2 unspecified atom stereocenters. The molecule has 0 saturated carbocycles. The first kappa shape index (κ1) is 15.5. The van der Waals surface area contributed by atoms with Gasteiger partial charge >= 0.3 is 0 Å². The largest absolute Gasteiger partial charge is 0.368 e. The van der Waals surface area contributed by atoms with Crippen LogP contribution in [0.4, 0.5) is 5.69 Å². The van der Waals surface area contributed by atoms with E-state index in [0.717, 1.165) is 24.9 Å². The normalized spacial score (nSPS) is 20.1. The number of alkyl halides is 1. The summed E-state index contributed by atoms with van der Waals surface area (Å²) in [6.45, 7) is 5.10. The van der Waals surface area contributed by atoms with Gasteiger partial charge in [-0.1, -0.05) is 41.9 Å². The molecule has 1 aromatic rings. The summed E-state index contributed by atoms with van der Waals surface area (Å²) in [5.74, 6) is 0.574. The van der Waals surface area contributed by atoms with Crippen LogP contribution in [0.1, 0.15) is 32.3 Å². The zero-order chi connectivity index (χ0) is 14.5. The number of benzene rings is 1. The number of carbonyl (C=O) groups is 1. The van der Waals surface area contributed by atoms with E-state index in [1.165, 1.54) is 5.56 Å². The standard InChI is InChI=1S/C16H22BrNO2/c1-11(2)14(17)10-12-5-7-13(8-6-12)18-16(19)15-4-3-9-20-15/h5-8,11,14-15H,3-4,9-10H2,1-2H3,(H,18,19). The fraction of sp³-hybridized carbons (Fsp3) is 0.562. The third kappa shape index (κ3) is 4.32. The van der Waals surface area contributed by atoms with Crippen molar-refractivity contribution in [2.45, 2.75) is 44.0 Å². The van der Waals surface area contributed by atoms with Crippen LogP contribution in [0.2, 0.25) is 0 Å². The highest BCUT2D eigenvalue weighted by Gasteiger charge is 2.23. The Morgan fingerprint density at radius 3 is 2.65 bits per heavy atom. The summed E-state index contributed by atoms with van der Waals surface area (Å²) in [5, 5.41) is 2.91. The SMILES string of the molecule is CC(C)C(Br)Cc1ccc(NC(=O)C2CCCO2)cc1. The van der Waals surface area contributed by atoms with E-state index in [2.05, 4.69) is 47.2 Å². The van der Waals surface area contributed by atoms with Crippen molar-refractivity contribution in [3.05, 3.63) is 29.8 Å². The molecule has 1 amide bonds. The number of nitrogens with one attached hydrogen (secondary N) is 1. The van der Waals surface area contributed by atoms with Crippen molar-refractivity contribution in [2.75, 3.05) is 11.9 Å². The average molecular weight is 340 g/mol. The van der Waals surface area contributed by atoms with E-state index in [0.29, 0.717) is 17.4 Å². The molecule has 1 fully saturated rings. The summed E-state index contributed by atoms with van der Waals surface area (Å²) in [6.07, 6.45) is 2.52. The number of amides is 1. The van der Waals surface area contributed by atoms with E-state index in [1.54, 1.807) is 0 Å². The van der Waals surface area contributed by atoms with Crippen LogP contribution in [-0.2, 0) is 16.0 Å². The van der Waals surface area contributed by atoms with Crippen LogP contribution in [0, 0.1) is 5.92 Å². The predicted molar refractivity (Wildman–Crippen MR) is 85.3 cm³/mol. The summed E-state index contributed by atoms with van der Waals surface area (Å²) in [6, 6.07) is 8.06. The first-order valence-electron chi connectivity index (χ1n) is 7.21. The third-order valence-electron chi connectivity index (χ3n) is 3.60. The Morgan fingerprint density at radius 1 is 1.40 bits per heavy atom. The van der Waals surface area contributed by atoms with Gasteiger partial charge in [0.1, 0.15) is 6.10 Å². The fourth-order valence-electron chi connectivity index (χ4n) is 2.19. The van der Waals surface area contributed by atoms with Gasteiger partial charge in [-0.05, 0) is 42.9 Å². The Hall–Kier alpha value is -0.870. The summed E-state index contributed by atoms with van der Waals surface area (Å²) >= 11 is 3.70. The molecule has 3 nitrogen and oxygen atoms in total. The second-order valence-electron chi connectivity index (χ2n) is 5.65. The quantitative estimate of drug-likeness (QED) is 0.829. The van der Waals surface area contributed by atoms with Crippen molar-refractivity contribution >= 4 is 27.5 Å². The highest BCUT2D eigenvalue weighted by atomic mass is 79.9. The van der Waals surface area contributed by atoms with E-state index in [-0.39, 0.29) is 12.0 Å². The minimum atomic E-state index is -0.275. The highest BCUT2D eigenvalue weighted by molar-refractivity contribution is 9.09. The van der Waals surface area contributed by atoms with Gasteiger partial charge < -0.3 is 10.1 Å². The predicted octanol–water partition coefficient (Wildman–Crippen LogP) is 3.77. The lowest BCUT2D eigenvalue weighted by molar-refractivity contribution is -0.124. The van der Waals surface area contributed by atoms with Crippen molar-refractivity contribution in [3.63, 3.8) is 0 Å². The average Bonchev–Trinajstić information content (AvgIpc) is 2.95. The number of carbonyl (C=O) groups excluding carboxylic acids is 1. The molecule has 2 rings (SSSR count). The van der Waals surface area contributed by atoms with Crippen LogP contribution in [-0.4, -0.2) is 23.4 Å². The van der Waals surface area contributed by atoms with Crippen molar-refractivity contribution in [1.29, 1.82) is 0 Å². The van der Waals surface area contributed by atoms with Crippen LogP contribution in [0.3, 0.4) is 0 Å². The molecule has 1 aliphatic heterocycles. The van der Waals surface area contributed by atoms with Crippen molar-refractivity contribution in [1.82, 2.24) is 0 Å². The fourth-order valence-corrected chi connectivity index (χ4v) is 2.57.